The number of rotatable bonds is 3. The van der Waals surface area contributed by atoms with Gasteiger partial charge in [0.05, 0.1) is 12.1 Å². The highest BCUT2D eigenvalue weighted by atomic mass is 32.1. The standard InChI is InChI=1S/C18H16N2S/c1-12(18-19-10-11-21-18)20-17-15-8-4-2-6-13(15)14-7-3-5-9-16(14)17/h2-12,17,20H,1H3. The van der Waals surface area contributed by atoms with E-state index in [-0.39, 0.29) is 12.1 Å². The van der Waals surface area contributed by atoms with E-state index in [0.717, 1.165) is 5.01 Å². The average Bonchev–Trinajstić information content (AvgIpc) is 3.15. The predicted octanol–water partition coefficient (Wildman–Crippen LogP) is 4.56. The van der Waals surface area contributed by atoms with Gasteiger partial charge in [-0.2, -0.15) is 0 Å². The molecule has 1 heterocycles. The number of benzene rings is 2. The molecule has 0 saturated carbocycles. The molecule has 2 nitrogen and oxygen atoms in total. The molecule has 2 aromatic carbocycles. The van der Waals surface area contributed by atoms with Crippen molar-refractivity contribution < 1.29 is 0 Å². The highest BCUT2D eigenvalue weighted by Gasteiger charge is 2.29. The van der Waals surface area contributed by atoms with Crippen molar-refractivity contribution >= 4 is 11.3 Å². The lowest BCUT2D eigenvalue weighted by Gasteiger charge is -2.20. The monoisotopic (exact) mass is 292 g/mol. The summed E-state index contributed by atoms with van der Waals surface area (Å²) in [5.41, 5.74) is 5.41. The first-order valence-electron chi connectivity index (χ1n) is 7.18. The summed E-state index contributed by atoms with van der Waals surface area (Å²) in [6.45, 7) is 2.18. The highest BCUT2D eigenvalue weighted by Crippen LogP contribution is 2.43. The van der Waals surface area contributed by atoms with Crippen LogP contribution >= 0.6 is 11.3 Å². The molecule has 0 fully saturated rings. The van der Waals surface area contributed by atoms with E-state index < -0.39 is 0 Å². The molecule has 0 bridgehead atoms. The molecule has 1 aromatic heterocycles. The third kappa shape index (κ3) is 2.09. The van der Waals surface area contributed by atoms with E-state index in [9.17, 15) is 0 Å². The summed E-state index contributed by atoms with van der Waals surface area (Å²) < 4.78 is 0. The summed E-state index contributed by atoms with van der Waals surface area (Å²) >= 11 is 1.70. The van der Waals surface area contributed by atoms with Crippen LogP contribution in [0, 0.1) is 0 Å². The Morgan fingerprint density at radius 3 is 2.19 bits per heavy atom. The number of nitrogens with one attached hydrogen (secondary N) is 1. The Morgan fingerprint density at radius 2 is 1.62 bits per heavy atom. The Bertz CT molecular complexity index is 719. The molecule has 3 aromatic rings. The molecular formula is C18H16N2S. The number of hydrogen-bond donors (Lipinski definition) is 1. The summed E-state index contributed by atoms with van der Waals surface area (Å²) in [4.78, 5) is 4.43. The molecule has 1 atom stereocenters. The lowest BCUT2D eigenvalue weighted by atomic mass is 10.0. The molecule has 1 unspecified atom stereocenters. The topological polar surface area (TPSA) is 24.9 Å². The largest absolute Gasteiger partial charge is 0.297 e. The Morgan fingerprint density at radius 1 is 1.00 bits per heavy atom. The van der Waals surface area contributed by atoms with Gasteiger partial charge < -0.3 is 0 Å². The number of nitrogens with zero attached hydrogens (tertiary/aromatic N) is 1. The summed E-state index contributed by atoms with van der Waals surface area (Å²) in [7, 11) is 0. The van der Waals surface area contributed by atoms with E-state index in [2.05, 4.69) is 65.8 Å². The van der Waals surface area contributed by atoms with Gasteiger partial charge in [-0.25, -0.2) is 4.98 Å². The van der Waals surface area contributed by atoms with Crippen molar-refractivity contribution in [3.63, 3.8) is 0 Å². The summed E-state index contributed by atoms with van der Waals surface area (Å²) in [5.74, 6) is 0. The van der Waals surface area contributed by atoms with E-state index in [0.29, 0.717) is 0 Å². The third-order valence-corrected chi connectivity index (χ3v) is 5.03. The SMILES string of the molecule is CC(NC1c2ccccc2-c2ccccc21)c1nccs1. The van der Waals surface area contributed by atoms with E-state index >= 15 is 0 Å². The number of fused-ring (bicyclic) bond motifs is 3. The summed E-state index contributed by atoms with van der Waals surface area (Å²) in [6.07, 6.45) is 1.87. The van der Waals surface area contributed by atoms with Gasteiger partial charge in [-0.05, 0) is 29.2 Å². The van der Waals surface area contributed by atoms with Crippen molar-refractivity contribution in [2.75, 3.05) is 0 Å². The third-order valence-electron chi connectivity index (χ3n) is 4.07. The summed E-state index contributed by atoms with van der Waals surface area (Å²) in [5, 5.41) is 6.91. The van der Waals surface area contributed by atoms with Gasteiger partial charge in [0.15, 0.2) is 0 Å². The molecule has 4 rings (SSSR count). The van der Waals surface area contributed by atoms with Gasteiger partial charge in [-0.1, -0.05) is 48.5 Å². The fourth-order valence-corrected chi connectivity index (χ4v) is 3.76. The van der Waals surface area contributed by atoms with Crippen LogP contribution in [0.4, 0.5) is 0 Å². The van der Waals surface area contributed by atoms with Crippen LogP contribution in [0.1, 0.15) is 35.1 Å². The number of aromatic nitrogens is 1. The van der Waals surface area contributed by atoms with Crippen LogP contribution in [-0.2, 0) is 0 Å². The molecule has 104 valence electrons. The molecular weight excluding hydrogens is 276 g/mol. The zero-order chi connectivity index (χ0) is 14.2. The lowest BCUT2D eigenvalue weighted by molar-refractivity contribution is 0.521. The zero-order valence-electron chi connectivity index (χ0n) is 11.8. The van der Waals surface area contributed by atoms with Gasteiger partial charge >= 0.3 is 0 Å². The highest BCUT2D eigenvalue weighted by molar-refractivity contribution is 7.09. The first kappa shape index (κ1) is 12.7. The molecule has 0 amide bonds. The van der Waals surface area contributed by atoms with Crippen LogP contribution in [0.25, 0.3) is 11.1 Å². The number of hydrogen-bond acceptors (Lipinski definition) is 3. The van der Waals surface area contributed by atoms with Crippen molar-refractivity contribution in [1.82, 2.24) is 10.3 Å². The molecule has 1 N–H and O–H groups in total. The Labute approximate surface area is 128 Å². The molecule has 0 spiro atoms. The molecule has 0 saturated heterocycles. The van der Waals surface area contributed by atoms with Crippen molar-refractivity contribution in [2.24, 2.45) is 0 Å². The van der Waals surface area contributed by atoms with Crippen molar-refractivity contribution in [3.8, 4) is 11.1 Å². The van der Waals surface area contributed by atoms with Crippen LogP contribution in [0.15, 0.2) is 60.1 Å². The van der Waals surface area contributed by atoms with Crippen LogP contribution < -0.4 is 5.32 Å². The molecule has 0 aliphatic heterocycles. The van der Waals surface area contributed by atoms with E-state index in [4.69, 9.17) is 0 Å². The Balaban J connectivity index is 1.75. The zero-order valence-corrected chi connectivity index (χ0v) is 12.6. The Kier molecular flexibility index (Phi) is 3.09. The minimum atomic E-state index is 0.245. The first-order valence-corrected chi connectivity index (χ1v) is 8.06. The van der Waals surface area contributed by atoms with Crippen molar-refractivity contribution in [2.45, 2.75) is 19.0 Å². The van der Waals surface area contributed by atoms with E-state index in [1.54, 1.807) is 11.3 Å². The Hall–Kier alpha value is -1.97. The normalized spacial score (nSPS) is 14.7. The van der Waals surface area contributed by atoms with E-state index in [1.165, 1.54) is 22.3 Å². The fourth-order valence-electron chi connectivity index (χ4n) is 3.10. The van der Waals surface area contributed by atoms with Crippen LogP contribution in [0.3, 0.4) is 0 Å². The molecule has 1 aliphatic rings. The van der Waals surface area contributed by atoms with Gasteiger partial charge in [0.1, 0.15) is 5.01 Å². The maximum atomic E-state index is 4.43. The second kappa shape index (κ2) is 5.10. The second-order valence-electron chi connectivity index (χ2n) is 5.37. The van der Waals surface area contributed by atoms with Crippen LogP contribution in [-0.4, -0.2) is 4.98 Å². The quantitative estimate of drug-likeness (QED) is 0.765. The molecule has 21 heavy (non-hydrogen) atoms. The first-order chi connectivity index (χ1) is 10.3. The van der Waals surface area contributed by atoms with Gasteiger partial charge in [-0.3, -0.25) is 5.32 Å². The van der Waals surface area contributed by atoms with Gasteiger partial charge in [0.25, 0.3) is 0 Å². The van der Waals surface area contributed by atoms with Gasteiger partial charge in [0.2, 0.25) is 0 Å². The molecule has 1 aliphatic carbocycles. The average molecular weight is 292 g/mol. The maximum absolute atomic E-state index is 4.43. The lowest BCUT2D eigenvalue weighted by Crippen LogP contribution is -2.24. The number of thiazole rings is 1. The van der Waals surface area contributed by atoms with Gasteiger partial charge in [0, 0.05) is 11.6 Å². The van der Waals surface area contributed by atoms with Crippen molar-refractivity contribution in [3.05, 3.63) is 76.2 Å². The predicted molar refractivity (Wildman–Crippen MR) is 87.4 cm³/mol. The van der Waals surface area contributed by atoms with E-state index in [1.807, 2.05) is 11.6 Å². The van der Waals surface area contributed by atoms with Crippen LogP contribution in [0.5, 0.6) is 0 Å². The van der Waals surface area contributed by atoms with Crippen molar-refractivity contribution in [1.29, 1.82) is 0 Å². The van der Waals surface area contributed by atoms with Crippen LogP contribution in [0.2, 0.25) is 0 Å². The maximum Gasteiger partial charge on any atom is 0.109 e. The smallest absolute Gasteiger partial charge is 0.109 e. The second-order valence-corrected chi connectivity index (χ2v) is 6.29. The minimum absolute atomic E-state index is 0.245. The fraction of sp³-hybridized carbons (Fsp3) is 0.167. The summed E-state index contributed by atoms with van der Waals surface area (Å²) in [6, 6.07) is 17.8. The minimum Gasteiger partial charge on any atom is -0.297 e. The van der Waals surface area contributed by atoms with Gasteiger partial charge in [-0.15, -0.1) is 11.3 Å². The molecule has 3 heteroatoms. The molecule has 0 radical (unpaired) electrons.